The van der Waals surface area contributed by atoms with E-state index in [0.717, 1.165) is 13.0 Å². The second-order valence-corrected chi connectivity index (χ2v) is 8.13. The Bertz CT molecular complexity index is 335. The summed E-state index contributed by atoms with van der Waals surface area (Å²) >= 11 is 0. The third-order valence-corrected chi connectivity index (χ3v) is 5.67. The summed E-state index contributed by atoms with van der Waals surface area (Å²) in [6.45, 7) is 8.64. The van der Waals surface area contributed by atoms with Gasteiger partial charge in [0.1, 0.15) is 0 Å². The van der Waals surface area contributed by atoms with Crippen molar-refractivity contribution in [3.05, 3.63) is 0 Å². The predicted octanol–water partition coefficient (Wildman–Crippen LogP) is 0.115. The highest BCUT2D eigenvalue weighted by Crippen LogP contribution is 2.21. The molecule has 0 amide bonds. The van der Waals surface area contributed by atoms with Crippen molar-refractivity contribution in [3.63, 3.8) is 0 Å². The molecule has 1 fully saturated rings. The van der Waals surface area contributed by atoms with Crippen LogP contribution >= 0.6 is 0 Å². The molecule has 6 heteroatoms. The first-order valence-electron chi connectivity index (χ1n) is 6.12. The summed E-state index contributed by atoms with van der Waals surface area (Å²) in [6.07, 6.45) is 0.829. The molecule has 0 aromatic carbocycles. The lowest BCUT2D eigenvalue weighted by Crippen LogP contribution is -2.44. The Hall–Kier alpha value is -0.170. The monoisotopic (exact) mass is 264 g/mol. The summed E-state index contributed by atoms with van der Waals surface area (Å²) in [4.78, 5) is 2.11. The van der Waals surface area contributed by atoms with Gasteiger partial charge in [-0.15, -0.1) is 0 Å². The number of sulfonamides is 1. The Balaban J connectivity index is 2.69. The van der Waals surface area contributed by atoms with Gasteiger partial charge in [0.05, 0.1) is 11.4 Å². The quantitative estimate of drug-likeness (QED) is 0.786. The zero-order valence-corrected chi connectivity index (χ0v) is 11.8. The third kappa shape index (κ3) is 3.64. The maximum Gasteiger partial charge on any atom is 0.219 e. The summed E-state index contributed by atoms with van der Waals surface area (Å²) < 4.78 is 25.4. The van der Waals surface area contributed by atoms with Crippen molar-refractivity contribution >= 4 is 10.0 Å². The van der Waals surface area contributed by atoms with E-state index >= 15 is 0 Å². The molecular formula is C11H24N2O3S. The Kier molecular flexibility index (Phi) is 4.95. The standard InChI is InChI=1S/C11H24N2O3S/c1-11(2,3)17(15,16)13-6-4-5-12(7-8-13)9-10-14/h14H,4-10H2,1-3H3. The van der Waals surface area contributed by atoms with Gasteiger partial charge in [-0.1, -0.05) is 0 Å². The smallest absolute Gasteiger partial charge is 0.219 e. The molecule has 1 N–H and O–H groups in total. The molecule has 0 saturated carbocycles. The fourth-order valence-corrected chi connectivity index (χ4v) is 3.41. The number of nitrogens with zero attached hydrogens (tertiary/aromatic N) is 2. The number of β-amino-alcohol motifs (C(OH)–C–C–N with tert-alkyl or cyclic N) is 1. The molecular weight excluding hydrogens is 240 g/mol. The van der Waals surface area contributed by atoms with E-state index in [-0.39, 0.29) is 6.61 Å². The van der Waals surface area contributed by atoms with Gasteiger partial charge in [0, 0.05) is 26.2 Å². The molecule has 1 rings (SSSR count). The van der Waals surface area contributed by atoms with E-state index in [9.17, 15) is 8.42 Å². The first kappa shape index (κ1) is 14.9. The molecule has 102 valence electrons. The molecule has 0 spiro atoms. The van der Waals surface area contributed by atoms with Gasteiger partial charge in [-0.2, -0.15) is 0 Å². The second-order valence-electron chi connectivity index (χ2n) is 5.44. The largest absolute Gasteiger partial charge is 0.395 e. The van der Waals surface area contributed by atoms with Gasteiger partial charge >= 0.3 is 0 Å². The van der Waals surface area contributed by atoms with E-state index in [0.29, 0.717) is 26.2 Å². The molecule has 1 aliphatic heterocycles. The van der Waals surface area contributed by atoms with Gasteiger partial charge in [0.15, 0.2) is 0 Å². The van der Waals surface area contributed by atoms with Crippen LogP contribution in [0, 0.1) is 0 Å². The van der Waals surface area contributed by atoms with Gasteiger partial charge in [-0.25, -0.2) is 12.7 Å². The lowest BCUT2D eigenvalue weighted by atomic mass is 10.3. The van der Waals surface area contributed by atoms with E-state index in [2.05, 4.69) is 4.90 Å². The van der Waals surface area contributed by atoms with Crippen LogP contribution in [0.2, 0.25) is 0 Å². The fourth-order valence-electron chi connectivity index (χ4n) is 1.94. The average Bonchev–Trinajstić information content (AvgIpc) is 2.42. The molecule has 0 atom stereocenters. The summed E-state index contributed by atoms with van der Waals surface area (Å²) in [7, 11) is -3.22. The number of aliphatic hydroxyl groups is 1. The third-order valence-electron chi connectivity index (χ3n) is 3.08. The van der Waals surface area contributed by atoms with E-state index in [1.807, 2.05) is 0 Å². The number of rotatable bonds is 3. The minimum Gasteiger partial charge on any atom is -0.395 e. The molecule has 1 aliphatic rings. The summed E-state index contributed by atoms with van der Waals surface area (Å²) in [5, 5.41) is 8.89. The van der Waals surface area contributed by atoms with Gasteiger partial charge in [-0.3, -0.25) is 4.90 Å². The van der Waals surface area contributed by atoms with E-state index in [1.165, 1.54) is 0 Å². The van der Waals surface area contributed by atoms with E-state index in [4.69, 9.17) is 5.11 Å². The molecule has 1 saturated heterocycles. The van der Waals surface area contributed by atoms with Crippen LogP contribution in [0.3, 0.4) is 0 Å². The molecule has 0 bridgehead atoms. The van der Waals surface area contributed by atoms with Crippen molar-refractivity contribution in [3.8, 4) is 0 Å². The van der Waals surface area contributed by atoms with Gasteiger partial charge in [-0.05, 0) is 33.7 Å². The fraction of sp³-hybridized carbons (Fsp3) is 1.00. The molecule has 0 radical (unpaired) electrons. The highest BCUT2D eigenvalue weighted by molar-refractivity contribution is 7.90. The molecule has 0 aliphatic carbocycles. The normalized spacial score (nSPS) is 21.4. The van der Waals surface area contributed by atoms with Gasteiger partial charge in [0.25, 0.3) is 0 Å². The lowest BCUT2D eigenvalue weighted by Gasteiger charge is -2.28. The van der Waals surface area contributed by atoms with Gasteiger partial charge in [0.2, 0.25) is 10.0 Å². The van der Waals surface area contributed by atoms with Crippen molar-refractivity contribution in [2.75, 3.05) is 39.3 Å². The summed E-state index contributed by atoms with van der Waals surface area (Å²) in [5.41, 5.74) is 0. The van der Waals surface area contributed by atoms with Crippen LogP contribution in [0.4, 0.5) is 0 Å². The van der Waals surface area contributed by atoms with Gasteiger partial charge < -0.3 is 5.11 Å². The molecule has 0 aromatic heterocycles. The molecule has 0 unspecified atom stereocenters. The van der Waals surface area contributed by atoms with Crippen molar-refractivity contribution in [1.82, 2.24) is 9.21 Å². The van der Waals surface area contributed by atoms with Crippen LogP contribution in [0.15, 0.2) is 0 Å². The van der Waals surface area contributed by atoms with E-state index in [1.54, 1.807) is 25.1 Å². The first-order chi connectivity index (χ1) is 7.79. The summed E-state index contributed by atoms with van der Waals surface area (Å²) in [5.74, 6) is 0. The van der Waals surface area contributed by atoms with Crippen LogP contribution in [0.1, 0.15) is 27.2 Å². The van der Waals surface area contributed by atoms with Crippen molar-refractivity contribution in [1.29, 1.82) is 0 Å². The topological polar surface area (TPSA) is 60.9 Å². The maximum absolute atomic E-state index is 12.3. The average molecular weight is 264 g/mol. The predicted molar refractivity (Wildman–Crippen MR) is 68.4 cm³/mol. The van der Waals surface area contributed by atoms with Crippen LogP contribution in [0.5, 0.6) is 0 Å². The molecule has 0 aromatic rings. The second kappa shape index (κ2) is 5.65. The SMILES string of the molecule is CC(C)(C)S(=O)(=O)N1CCCN(CCO)CC1. The van der Waals surface area contributed by atoms with Crippen molar-refractivity contribution in [2.24, 2.45) is 0 Å². The van der Waals surface area contributed by atoms with Crippen LogP contribution in [-0.4, -0.2) is 66.8 Å². The zero-order chi connectivity index (χ0) is 13.1. The van der Waals surface area contributed by atoms with Crippen LogP contribution < -0.4 is 0 Å². The molecule has 1 heterocycles. The van der Waals surface area contributed by atoms with Crippen molar-refractivity contribution < 1.29 is 13.5 Å². The Labute approximate surface area is 104 Å². The number of aliphatic hydroxyl groups excluding tert-OH is 1. The van der Waals surface area contributed by atoms with Crippen LogP contribution in [0.25, 0.3) is 0 Å². The van der Waals surface area contributed by atoms with Crippen LogP contribution in [-0.2, 0) is 10.0 Å². The Morgan fingerprint density at radius 2 is 1.76 bits per heavy atom. The molecule has 17 heavy (non-hydrogen) atoms. The Morgan fingerprint density at radius 1 is 1.12 bits per heavy atom. The number of hydrogen-bond donors (Lipinski definition) is 1. The highest BCUT2D eigenvalue weighted by Gasteiger charge is 2.35. The maximum atomic E-state index is 12.3. The minimum atomic E-state index is -3.22. The summed E-state index contributed by atoms with van der Waals surface area (Å²) in [6, 6.07) is 0. The zero-order valence-electron chi connectivity index (χ0n) is 11.0. The Morgan fingerprint density at radius 3 is 2.29 bits per heavy atom. The number of hydrogen-bond acceptors (Lipinski definition) is 4. The lowest BCUT2D eigenvalue weighted by molar-refractivity contribution is 0.202. The van der Waals surface area contributed by atoms with E-state index < -0.39 is 14.8 Å². The van der Waals surface area contributed by atoms with Crippen molar-refractivity contribution in [2.45, 2.75) is 31.9 Å². The minimum absolute atomic E-state index is 0.131. The molecule has 5 nitrogen and oxygen atoms in total. The first-order valence-corrected chi connectivity index (χ1v) is 7.56. The highest BCUT2D eigenvalue weighted by atomic mass is 32.2.